The SMILES string of the molecule is CC1(C)CC(C)(C)CC(C)(CC(=O)CCC(=O)O[C@H](CC(=O)OCc2ccccc2)C[N+](C)(C)C)C1. The van der Waals surface area contributed by atoms with Crippen LogP contribution in [-0.4, -0.2) is 56.0 Å². The number of benzene rings is 1. The van der Waals surface area contributed by atoms with E-state index >= 15 is 0 Å². The van der Waals surface area contributed by atoms with Crippen LogP contribution >= 0.6 is 0 Å². The molecule has 2 rings (SSSR count). The zero-order valence-electron chi connectivity index (χ0n) is 23.8. The molecule has 6 nitrogen and oxygen atoms in total. The molecule has 0 aliphatic heterocycles. The van der Waals surface area contributed by atoms with E-state index in [1.165, 1.54) is 0 Å². The molecule has 202 valence electrons. The predicted octanol–water partition coefficient (Wildman–Crippen LogP) is 5.72. The number of hydrogen-bond donors (Lipinski definition) is 0. The second-order valence-corrected chi connectivity index (χ2v) is 13.8. The summed E-state index contributed by atoms with van der Waals surface area (Å²) in [5, 5.41) is 0. The van der Waals surface area contributed by atoms with Crippen LogP contribution in [-0.2, 0) is 30.5 Å². The fourth-order valence-corrected chi connectivity index (χ4v) is 6.71. The smallest absolute Gasteiger partial charge is 0.310 e. The molecular weight excluding hydrogens is 454 g/mol. The molecule has 36 heavy (non-hydrogen) atoms. The molecule has 1 fully saturated rings. The highest BCUT2D eigenvalue weighted by molar-refractivity contribution is 5.83. The Morgan fingerprint density at radius 1 is 0.861 bits per heavy atom. The third-order valence-corrected chi connectivity index (χ3v) is 6.69. The number of rotatable bonds is 12. The highest BCUT2D eigenvalue weighted by Gasteiger charge is 2.45. The molecule has 1 aliphatic rings. The Balaban J connectivity index is 1.87. The highest BCUT2D eigenvalue weighted by atomic mass is 16.6. The first-order chi connectivity index (χ1) is 16.5. The maximum atomic E-state index is 12.9. The summed E-state index contributed by atoms with van der Waals surface area (Å²) in [5.74, 6) is -0.739. The van der Waals surface area contributed by atoms with Crippen LogP contribution in [0.3, 0.4) is 0 Å². The normalized spacial score (nSPS) is 19.2. The molecule has 0 spiro atoms. The Labute approximate surface area is 218 Å². The summed E-state index contributed by atoms with van der Waals surface area (Å²) in [4.78, 5) is 38.0. The van der Waals surface area contributed by atoms with Crippen molar-refractivity contribution in [1.82, 2.24) is 0 Å². The highest BCUT2D eigenvalue weighted by Crippen LogP contribution is 2.55. The molecule has 1 aromatic rings. The molecular formula is C30H48NO5+. The molecule has 0 N–H and O–H groups in total. The standard InChI is InChI=1S/C30H48NO5/c1-28(2)20-29(3,4)22-30(5,21-28)17-24(32)14-15-26(33)36-25(18-31(6,7)8)16-27(34)35-19-23-12-10-9-11-13-23/h9-13,25H,14-22H2,1-8H3/q+1/t25-/m1/s1. The number of nitrogens with zero attached hydrogens (tertiary/aromatic N) is 1. The Morgan fingerprint density at radius 2 is 1.44 bits per heavy atom. The van der Waals surface area contributed by atoms with Gasteiger partial charge in [-0.1, -0.05) is 65.0 Å². The van der Waals surface area contributed by atoms with Gasteiger partial charge in [0.05, 0.1) is 34.0 Å². The number of carbonyl (C=O) groups excluding carboxylic acids is 3. The van der Waals surface area contributed by atoms with Gasteiger partial charge in [0, 0.05) is 12.8 Å². The lowest BCUT2D eigenvalue weighted by atomic mass is 9.54. The Bertz CT molecular complexity index is 882. The van der Waals surface area contributed by atoms with Crippen molar-refractivity contribution in [3.63, 3.8) is 0 Å². The van der Waals surface area contributed by atoms with Gasteiger partial charge >= 0.3 is 11.9 Å². The zero-order valence-corrected chi connectivity index (χ0v) is 23.8. The van der Waals surface area contributed by atoms with Crippen LogP contribution in [0.1, 0.15) is 85.1 Å². The van der Waals surface area contributed by atoms with Crippen molar-refractivity contribution in [3.8, 4) is 0 Å². The average molecular weight is 503 g/mol. The molecule has 0 saturated heterocycles. The first-order valence-electron chi connectivity index (χ1n) is 13.2. The zero-order chi connectivity index (χ0) is 27.2. The number of hydrogen-bond acceptors (Lipinski definition) is 5. The van der Waals surface area contributed by atoms with Crippen LogP contribution in [0.4, 0.5) is 0 Å². The first-order valence-corrected chi connectivity index (χ1v) is 13.2. The molecule has 0 amide bonds. The summed E-state index contributed by atoms with van der Waals surface area (Å²) in [7, 11) is 5.94. The Morgan fingerprint density at radius 3 is 2.00 bits per heavy atom. The van der Waals surface area contributed by atoms with Gasteiger partial charge in [-0.3, -0.25) is 14.4 Å². The van der Waals surface area contributed by atoms with Crippen molar-refractivity contribution in [2.45, 2.75) is 92.3 Å². The van der Waals surface area contributed by atoms with Crippen molar-refractivity contribution in [2.75, 3.05) is 27.7 Å². The van der Waals surface area contributed by atoms with Crippen LogP contribution in [0.25, 0.3) is 0 Å². The van der Waals surface area contributed by atoms with E-state index in [4.69, 9.17) is 9.47 Å². The molecule has 1 saturated carbocycles. The second kappa shape index (κ2) is 11.9. The molecule has 0 radical (unpaired) electrons. The van der Waals surface area contributed by atoms with Crippen molar-refractivity contribution in [2.24, 2.45) is 16.2 Å². The van der Waals surface area contributed by atoms with E-state index < -0.39 is 18.0 Å². The molecule has 1 aliphatic carbocycles. The van der Waals surface area contributed by atoms with Crippen LogP contribution in [0.5, 0.6) is 0 Å². The lowest BCUT2D eigenvalue weighted by Crippen LogP contribution is -2.44. The third-order valence-electron chi connectivity index (χ3n) is 6.69. The number of ketones is 1. The van der Waals surface area contributed by atoms with E-state index in [1.807, 2.05) is 51.5 Å². The van der Waals surface area contributed by atoms with Crippen LogP contribution in [0.15, 0.2) is 30.3 Å². The van der Waals surface area contributed by atoms with Crippen molar-refractivity contribution in [3.05, 3.63) is 35.9 Å². The lowest BCUT2D eigenvalue weighted by Gasteiger charge is -2.50. The van der Waals surface area contributed by atoms with Gasteiger partial charge in [-0.05, 0) is 41.1 Å². The molecule has 1 aromatic carbocycles. The van der Waals surface area contributed by atoms with E-state index in [0.29, 0.717) is 17.4 Å². The number of likely N-dealkylation sites (N-methyl/N-ethyl adjacent to an activating group) is 1. The van der Waals surface area contributed by atoms with E-state index in [2.05, 4.69) is 34.6 Å². The first kappa shape index (κ1) is 30.0. The van der Waals surface area contributed by atoms with E-state index in [0.717, 1.165) is 24.8 Å². The van der Waals surface area contributed by atoms with Crippen LogP contribution < -0.4 is 0 Å². The number of ether oxygens (including phenoxy) is 2. The minimum absolute atomic E-state index is 0.00965. The number of carbonyl (C=O) groups is 3. The monoisotopic (exact) mass is 502 g/mol. The van der Waals surface area contributed by atoms with Gasteiger partial charge in [0.1, 0.15) is 18.9 Å². The molecule has 0 aromatic heterocycles. The average Bonchev–Trinajstić information content (AvgIpc) is 2.67. The van der Waals surface area contributed by atoms with Gasteiger partial charge < -0.3 is 14.0 Å². The molecule has 0 heterocycles. The molecule has 6 heteroatoms. The summed E-state index contributed by atoms with van der Waals surface area (Å²) in [6.45, 7) is 12.0. The topological polar surface area (TPSA) is 69.7 Å². The Hall–Kier alpha value is -2.21. The van der Waals surface area contributed by atoms with E-state index in [-0.39, 0.29) is 47.9 Å². The summed E-state index contributed by atoms with van der Waals surface area (Å²) < 4.78 is 11.6. The van der Waals surface area contributed by atoms with E-state index in [9.17, 15) is 14.4 Å². The number of Topliss-reactive ketones (excluding diaryl/α,β-unsaturated/α-hetero) is 1. The van der Waals surface area contributed by atoms with Crippen molar-refractivity contribution in [1.29, 1.82) is 0 Å². The molecule has 0 unspecified atom stereocenters. The van der Waals surface area contributed by atoms with Gasteiger partial charge in [-0.15, -0.1) is 0 Å². The molecule has 0 bridgehead atoms. The minimum Gasteiger partial charge on any atom is -0.461 e. The van der Waals surface area contributed by atoms with E-state index in [1.54, 1.807) is 0 Å². The summed E-state index contributed by atoms with van der Waals surface area (Å²) in [6.07, 6.45) is 3.25. The van der Waals surface area contributed by atoms with Gasteiger partial charge in [0.2, 0.25) is 0 Å². The van der Waals surface area contributed by atoms with Gasteiger partial charge in [-0.2, -0.15) is 0 Å². The summed E-state index contributed by atoms with van der Waals surface area (Å²) in [5.41, 5.74) is 1.25. The number of quaternary nitrogens is 1. The van der Waals surface area contributed by atoms with Crippen molar-refractivity contribution < 1.29 is 28.3 Å². The van der Waals surface area contributed by atoms with Crippen LogP contribution in [0, 0.1) is 16.2 Å². The maximum Gasteiger partial charge on any atom is 0.310 e. The summed E-state index contributed by atoms with van der Waals surface area (Å²) >= 11 is 0. The fraction of sp³-hybridized carbons (Fsp3) is 0.700. The number of esters is 2. The summed E-state index contributed by atoms with van der Waals surface area (Å²) in [6, 6.07) is 9.47. The van der Waals surface area contributed by atoms with Gasteiger partial charge in [0.25, 0.3) is 0 Å². The largest absolute Gasteiger partial charge is 0.461 e. The lowest BCUT2D eigenvalue weighted by molar-refractivity contribution is -0.873. The Kier molecular flexibility index (Phi) is 9.91. The maximum absolute atomic E-state index is 12.9. The fourth-order valence-electron chi connectivity index (χ4n) is 6.71. The van der Waals surface area contributed by atoms with Gasteiger partial charge in [-0.25, -0.2) is 0 Å². The van der Waals surface area contributed by atoms with Crippen molar-refractivity contribution >= 4 is 17.7 Å². The van der Waals surface area contributed by atoms with Gasteiger partial charge in [0.15, 0.2) is 6.10 Å². The van der Waals surface area contributed by atoms with Crippen LogP contribution in [0.2, 0.25) is 0 Å². The quantitative estimate of drug-likeness (QED) is 0.270. The minimum atomic E-state index is -0.603. The second-order valence-electron chi connectivity index (χ2n) is 13.8. The molecule has 1 atom stereocenters. The predicted molar refractivity (Wildman–Crippen MR) is 142 cm³/mol. The third kappa shape index (κ3) is 11.2.